The molecule has 1 heterocycles. The highest BCUT2D eigenvalue weighted by Crippen LogP contribution is 2.28. The van der Waals surface area contributed by atoms with E-state index in [0.717, 1.165) is 37.1 Å². The van der Waals surface area contributed by atoms with Crippen LogP contribution in [-0.2, 0) is 11.3 Å². The van der Waals surface area contributed by atoms with Gasteiger partial charge in [0.25, 0.3) is 0 Å². The van der Waals surface area contributed by atoms with E-state index in [9.17, 15) is 9.90 Å². The summed E-state index contributed by atoms with van der Waals surface area (Å²) in [4.78, 5) is 13.6. The summed E-state index contributed by atoms with van der Waals surface area (Å²) in [6.07, 6.45) is 2.89. The minimum absolute atomic E-state index is 0.376. The Morgan fingerprint density at radius 1 is 1.45 bits per heavy atom. The number of rotatable bonds is 5. The predicted molar refractivity (Wildman–Crippen MR) is 77.8 cm³/mol. The Morgan fingerprint density at radius 2 is 2.20 bits per heavy atom. The lowest BCUT2D eigenvalue weighted by molar-refractivity contribution is -0.145. The van der Waals surface area contributed by atoms with Gasteiger partial charge >= 0.3 is 5.97 Å². The molecule has 1 aromatic carbocycles. The average molecular weight is 277 g/mol. The number of hydrogen-bond acceptors (Lipinski definition) is 3. The van der Waals surface area contributed by atoms with Crippen LogP contribution in [0.2, 0.25) is 0 Å². The number of aliphatic carboxylic acids is 1. The summed E-state index contributed by atoms with van der Waals surface area (Å²) < 4.78 is 5.35. The lowest BCUT2D eigenvalue weighted by Gasteiger charge is -2.37. The van der Waals surface area contributed by atoms with E-state index in [4.69, 9.17) is 4.74 Å². The molecular weight excluding hydrogens is 254 g/mol. The quantitative estimate of drug-likeness (QED) is 0.899. The van der Waals surface area contributed by atoms with E-state index in [1.807, 2.05) is 24.3 Å². The zero-order valence-corrected chi connectivity index (χ0v) is 12.2. The van der Waals surface area contributed by atoms with Crippen molar-refractivity contribution >= 4 is 5.97 Å². The Labute approximate surface area is 120 Å². The van der Waals surface area contributed by atoms with Crippen molar-refractivity contribution < 1.29 is 14.6 Å². The van der Waals surface area contributed by atoms with Gasteiger partial charge in [0.15, 0.2) is 0 Å². The van der Waals surface area contributed by atoms with Gasteiger partial charge in [-0.2, -0.15) is 0 Å². The first-order valence-corrected chi connectivity index (χ1v) is 7.24. The average Bonchev–Trinajstić information content (AvgIpc) is 2.48. The van der Waals surface area contributed by atoms with Crippen LogP contribution in [0, 0.1) is 5.92 Å². The molecule has 0 amide bonds. The standard InChI is InChI=1S/C16H23NO3/c1-3-12-8-9-17(14(10-12)16(18)19)11-13-6-4-5-7-15(13)20-2/h4-7,12,14H,3,8-11H2,1-2H3,(H,18,19). The van der Waals surface area contributed by atoms with E-state index in [0.29, 0.717) is 12.5 Å². The molecule has 0 aromatic heterocycles. The summed E-state index contributed by atoms with van der Waals surface area (Å²) in [5, 5.41) is 9.45. The highest BCUT2D eigenvalue weighted by Gasteiger charge is 2.32. The SMILES string of the molecule is CCC1CCN(Cc2ccccc2OC)C(C(=O)O)C1. The number of piperidine rings is 1. The maximum absolute atomic E-state index is 11.5. The topological polar surface area (TPSA) is 49.8 Å². The molecule has 110 valence electrons. The maximum atomic E-state index is 11.5. The van der Waals surface area contributed by atoms with Gasteiger partial charge in [-0.25, -0.2) is 0 Å². The van der Waals surface area contributed by atoms with Crippen LogP contribution in [0.15, 0.2) is 24.3 Å². The number of methoxy groups -OCH3 is 1. The molecule has 1 fully saturated rings. The molecule has 20 heavy (non-hydrogen) atoms. The summed E-state index contributed by atoms with van der Waals surface area (Å²) in [6, 6.07) is 7.44. The van der Waals surface area contributed by atoms with E-state index < -0.39 is 5.97 Å². The Balaban J connectivity index is 2.12. The summed E-state index contributed by atoms with van der Waals surface area (Å²) >= 11 is 0. The first-order chi connectivity index (χ1) is 9.65. The summed E-state index contributed by atoms with van der Waals surface area (Å²) in [5.41, 5.74) is 1.05. The number of hydrogen-bond donors (Lipinski definition) is 1. The highest BCUT2D eigenvalue weighted by atomic mass is 16.5. The third kappa shape index (κ3) is 3.31. The molecule has 4 nitrogen and oxygen atoms in total. The smallest absolute Gasteiger partial charge is 0.320 e. The van der Waals surface area contributed by atoms with E-state index in [1.54, 1.807) is 7.11 Å². The Kier molecular flexibility index (Phi) is 5.01. The van der Waals surface area contributed by atoms with Crippen molar-refractivity contribution in [3.8, 4) is 5.75 Å². The number of ether oxygens (including phenoxy) is 1. The molecule has 0 aliphatic carbocycles. The van der Waals surface area contributed by atoms with Gasteiger partial charge in [-0.15, -0.1) is 0 Å². The molecule has 0 radical (unpaired) electrons. The van der Waals surface area contributed by atoms with Crippen molar-refractivity contribution in [2.24, 2.45) is 5.92 Å². The van der Waals surface area contributed by atoms with Crippen LogP contribution in [0.4, 0.5) is 0 Å². The minimum atomic E-state index is -0.710. The third-order valence-corrected chi connectivity index (χ3v) is 4.25. The lowest BCUT2D eigenvalue weighted by atomic mass is 9.88. The lowest BCUT2D eigenvalue weighted by Crippen LogP contribution is -2.46. The van der Waals surface area contributed by atoms with Gasteiger partial charge in [0.2, 0.25) is 0 Å². The van der Waals surface area contributed by atoms with Crippen molar-refractivity contribution in [3.63, 3.8) is 0 Å². The molecule has 1 aliphatic heterocycles. The molecule has 2 unspecified atom stereocenters. The Bertz CT molecular complexity index is 461. The minimum Gasteiger partial charge on any atom is -0.496 e. The molecule has 2 rings (SSSR count). The molecule has 1 N–H and O–H groups in total. The van der Waals surface area contributed by atoms with Gasteiger partial charge in [-0.05, 0) is 31.4 Å². The second-order valence-electron chi connectivity index (χ2n) is 5.44. The van der Waals surface area contributed by atoms with Crippen LogP contribution in [-0.4, -0.2) is 35.7 Å². The second-order valence-corrected chi connectivity index (χ2v) is 5.44. The molecule has 0 spiro atoms. The van der Waals surface area contributed by atoms with Crippen LogP contribution in [0.5, 0.6) is 5.75 Å². The maximum Gasteiger partial charge on any atom is 0.320 e. The molecular formula is C16H23NO3. The Morgan fingerprint density at radius 3 is 2.85 bits per heavy atom. The van der Waals surface area contributed by atoms with Gasteiger partial charge in [-0.1, -0.05) is 31.5 Å². The largest absolute Gasteiger partial charge is 0.496 e. The van der Waals surface area contributed by atoms with E-state index in [-0.39, 0.29) is 6.04 Å². The number of carboxylic acid groups (broad SMARTS) is 1. The zero-order chi connectivity index (χ0) is 14.5. The number of para-hydroxylation sites is 1. The molecule has 0 saturated carbocycles. The molecule has 2 atom stereocenters. The van der Waals surface area contributed by atoms with Crippen LogP contribution >= 0.6 is 0 Å². The monoisotopic (exact) mass is 277 g/mol. The van der Waals surface area contributed by atoms with Crippen molar-refractivity contribution in [3.05, 3.63) is 29.8 Å². The number of carbonyl (C=O) groups is 1. The van der Waals surface area contributed by atoms with Crippen molar-refractivity contribution in [1.82, 2.24) is 4.90 Å². The van der Waals surface area contributed by atoms with E-state index in [2.05, 4.69) is 11.8 Å². The molecule has 4 heteroatoms. The first kappa shape index (κ1) is 14.9. The van der Waals surface area contributed by atoms with E-state index in [1.165, 1.54) is 0 Å². The van der Waals surface area contributed by atoms with Crippen molar-refractivity contribution in [2.45, 2.75) is 38.8 Å². The molecule has 1 aromatic rings. The first-order valence-electron chi connectivity index (χ1n) is 7.24. The van der Waals surface area contributed by atoms with Crippen LogP contribution < -0.4 is 4.74 Å². The molecule has 0 bridgehead atoms. The fourth-order valence-corrected chi connectivity index (χ4v) is 2.96. The van der Waals surface area contributed by atoms with Crippen LogP contribution in [0.3, 0.4) is 0 Å². The molecule has 1 saturated heterocycles. The van der Waals surface area contributed by atoms with Crippen molar-refractivity contribution in [2.75, 3.05) is 13.7 Å². The summed E-state index contributed by atoms with van der Waals surface area (Å²) in [7, 11) is 1.65. The number of carboxylic acids is 1. The normalized spacial score (nSPS) is 23.5. The highest BCUT2D eigenvalue weighted by molar-refractivity contribution is 5.73. The Hall–Kier alpha value is -1.55. The van der Waals surface area contributed by atoms with Gasteiger partial charge in [0.05, 0.1) is 7.11 Å². The van der Waals surface area contributed by atoms with Gasteiger partial charge in [-0.3, -0.25) is 9.69 Å². The van der Waals surface area contributed by atoms with Gasteiger partial charge in [0, 0.05) is 12.1 Å². The second kappa shape index (κ2) is 6.75. The van der Waals surface area contributed by atoms with Gasteiger partial charge < -0.3 is 9.84 Å². The predicted octanol–water partition coefficient (Wildman–Crippen LogP) is 2.77. The summed E-state index contributed by atoms with van der Waals surface area (Å²) in [5.74, 6) is 0.650. The van der Waals surface area contributed by atoms with E-state index >= 15 is 0 Å². The van der Waals surface area contributed by atoms with Crippen molar-refractivity contribution in [1.29, 1.82) is 0 Å². The third-order valence-electron chi connectivity index (χ3n) is 4.25. The van der Waals surface area contributed by atoms with Crippen LogP contribution in [0.1, 0.15) is 31.7 Å². The molecule has 1 aliphatic rings. The summed E-state index contributed by atoms with van der Waals surface area (Å²) in [6.45, 7) is 3.62. The fourth-order valence-electron chi connectivity index (χ4n) is 2.96. The van der Waals surface area contributed by atoms with Gasteiger partial charge in [0.1, 0.15) is 11.8 Å². The number of nitrogens with zero attached hydrogens (tertiary/aromatic N) is 1. The zero-order valence-electron chi connectivity index (χ0n) is 12.2. The number of likely N-dealkylation sites (tertiary alicyclic amines) is 1. The van der Waals surface area contributed by atoms with Crippen LogP contribution in [0.25, 0.3) is 0 Å². The number of benzene rings is 1. The fraction of sp³-hybridized carbons (Fsp3) is 0.562.